The van der Waals surface area contributed by atoms with Crippen LogP contribution < -0.4 is 5.73 Å². The fourth-order valence-electron chi connectivity index (χ4n) is 3.83. The summed E-state index contributed by atoms with van der Waals surface area (Å²) in [6.45, 7) is 0. The minimum Gasteiger partial charge on any atom is -0.480 e. The molecule has 0 spiro atoms. The Morgan fingerprint density at radius 1 is 0.973 bits per heavy atom. The Morgan fingerprint density at radius 2 is 1.62 bits per heavy atom. The molecule has 37 heavy (non-hydrogen) atoms. The Balaban J connectivity index is 1.82. The second kappa shape index (κ2) is 11.1. The number of hydrogen-bond acceptors (Lipinski definition) is 7. The van der Waals surface area contributed by atoms with Crippen molar-refractivity contribution in [2.24, 2.45) is 10.9 Å². The summed E-state index contributed by atoms with van der Waals surface area (Å²) in [5.74, 6) is -1.93. The molecule has 12 heteroatoms. The van der Waals surface area contributed by atoms with Crippen molar-refractivity contribution >= 4 is 31.7 Å². The minimum absolute atomic E-state index is 0.140. The average molecular weight is 546 g/mol. The molecular weight excluding hydrogens is 518 g/mol. The second-order valence-corrected chi connectivity index (χ2v) is 12.5. The lowest BCUT2D eigenvalue weighted by atomic mass is 10.0. The van der Waals surface area contributed by atoms with E-state index in [1.54, 1.807) is 60.7 Å². The molecule has 4 N–H and O–H groups in total. The predicted molar refractivity (Wildman–Crippen MR) is 139 cm³/mol. The topological polar surface area (TPSA) is 167 Å². The molecule has 0 heterocycles. The summed E-state index contributed by atoms with van der Waals surface area (Å²) < 4.78 is 51.3. The summed E-state index contributed by atoms with van der Waals surface area (Å²) in [5, 5.41) is 21.6. The van der Waals surface area contributed by atoms with Crippen LogP contribution in [0.5, 0.6) is 0 Å². The zero-order valence-electron chi connectivity index (χ0n) is 20.1. The fourth-order valence-corrected chi connectivity index (χ4v) is 6.11. The molecule has 10 nitrogen and oxygen atoms in total. The van der Waals surface area contributed by atoms with E-state index in [-0.39, 0.29) is 17.2 Å². The molecular formula is C25H27N3O7S2. The zero-order chi connectivity index (χ0) is 27.4. The van der Waals surface area contributed by atoms with E-state index in [4.69, 9.17) is 10.9 Å². The van der Waals surface area contributed by atoms with Gasteiger partial charge in [0.2, 0.25) is 10.0 Å². The number of carboxylic acids is 1. The van der Waals surface area contributed by atoms with Crippen LogP contribution in [0.3, 0.4) is 0 Å². The van der Waals surface area contributed by atoms with E-state index in [0.29, 0.717) is 27.8 Å². The molecule has 0 aliphatic carbocycles. The first-order valence-electron chi connectivity index (χ1n) is 11.0. The van der Waals surface area contributed by atoms with Gasteiger partial charge in [-0.1, -0.05) is 65.8 Å². The summed E-state index contributed by atoms with van der Waals surface area (Å²) in [4.78, 5) is 12.2. The highest BCUT2D eigenvalue weighted by molar-refractivity contribution is 7.90. The van der Waals surface area contributed by atoms with Gasteiger partial charge in [0, 0.05) is 24.4 Å². The maximum atomic E-state index is 13.1. The number of likely N-dealkylation sites (N-methyl/N-ethyl adjacent to an activating group) is 1. The lowest BCUT2D eigenvalue weighted by Crippen LogP contribution is -2.44. The first kappa shape index (κ1) is 27.8. The third-order valence-corrected chi connectivity index (χ3v) is 8.81. The molecule has 3 aromatic rings. The van der Waals surface area contributed by atoms with Gasteiger partial charge in [-0.15, -0.1) is 0 Å². The van der Waals surface area contributed by atoms with Crippen molar-refractivity contribution in [2.45, 2.75) is 23.1 Å². The molecule has 0 fully saturated rings. The SMILES string of the molecule is CN(C(Cc1cccc(/C(N)=N/O)c1)C(=O)O)S(=O)(=O)Cc1ccc(-c2ccccc2S(C)(=O)=O)cc1. The van der Waals surface area contributed by atoms with Crippen LogP contribution >= 0.6 is 0 Å². The Bertz CT molecular complexity index is 1530. The van der Waals surface area contributed by atoms with Gasteiger partial charge in [-0.25, -0.2) is 16.8 Å². The third-order valence-electron chi connectivity index (χ3n) is 5.82. The van der Waals surface area contributed by atoms with Crippen molar-refractivity contribution < 1.29 is 31.9 Å². The van der Waals surface area contributed by atoms with Crippen LogP contribution in [0.2, 0.25) is 0 Å². The van der Waals surface area contributed by atoms with Crippen LogP contribution in [0.1, 0.15) is 16.7 Å². The number of carboxylic acid groups (broad SMARTS) is 1. The molecule has 196 valence electrons. The molecule has 0 amide bonds. The monoisotopic (exact) mass is 545 g/mol. The number of sulfone groups is 1. The van der Waals surface area contributed by atoms with Crippen LogP contribution in [0.25, 0.3) is 11.1 Å². The predicted octanol–water partition coefficient (Wildman–Crippen LogP) is 2.31. The number of benzene rings is 3. The van der Waals surface area contributed by atoms with Crippen LogP contribution in [-0.2, 0) is 36.8 Å². The van der Waals surface area contributed by atoms with E-state index < -0.39 is 37.6 Å². The molecule has 3 rings (SSSR count). The Labute approximate surface area is 215 Å². The van der Waals surface area contributed by atoms with Gasteiger partial charge in [0.25, 0.3) is 0 Å². The van der Waals surface area contributed by atoms with Crippen LogP contribution in [-0.4, -0.2) is 62.6 Å². The van der Waals surface area contributed by atoms with Crippen molar-refractivity contribution in [1.29, 1.82) is 0 Å². The number of hydrogen-bond donors (Lipinski definition) is 3. The average Bonchev–Trinajstić information content (AvgIpc) is 2.86. The maximum Gasteiger partial charge on any atom is 0.322 e. The van der Waals surface area contributed by atoms with Gasteiger partial charge < -0.3 is 16.0 Å². The third kappa shape index (κ3) is 6.73. The number of oxime groups is 1. The fraction of sp³-hybridized carbons (Fsp3) is 0.200. The molecule has 1 unspecified atom stereocenters. The van der Waals surface area contributed by atoms with Crippen molar-refractivity contribution in [3.63, 3.8) is 0 Å². The molecule has 0 bridgehead atoms. The number of aliphatic carboxylic acids is 1. The zero-order valence-corrected chi connectivity index (χ0v) is 21.8. The molecule has 0 saturated carbocycles. The Hall–Kier alpha value is -3.74. The maximum absolute atomic E-state index is 13.1. The van der Waals surface area contributed by atoms with Gasteiger partial charge in [-0.3, -0.25) is 4.79 Å². The highest BCUT2D eigenvalue weighted by Crippen LogP contribution is 2.28. The van der Waals surface area contributed by atoms with Gasteiger partial charge in [-0.05, 0) is 35.2 Å². The first-order valence-corrected chi connectivity index (χ1v) is 14.5. The molecule has 0 radical (unpaired) electrons. The number of amidine groups is 1. The van der Waals surface area contributed by atoms with E-state index in [1.807, 2.05) is 0 Å². The summed E-state index contributed by atoms with van der Waals surface area (Å²) in [6, 6.07) is 17.8. The van der Waals surface area contributed by atoms with Gasteiger partial charge in [0.05, 0.1) is 10.6 Å². The molecule has 0 aliphatic rings. The minimum atomic E-state index is -4.05. The number of sulfonamides is 1. The van der Waals surface area contributed by atoms with Crippen molar-refractivity contribution in [3.8, 4) is 11.1 Å². The molecule has 1 atom stereocenters. The van der Waals surface area contributed by atoms with Crippen molar-refractivity contribution in [1.82, 2.24) is 4.31 Å². The largest absolute Gasteiger partial charge is 0.480 e. The summed E-state index contributed by atoms with van der Waals surface area (Å²) in [7, 11) is -6.31. The highest BCUT2D eigenvalue weighted by atomic mass is 32.2. The normalized spacial score (nSPS) is 13.4. The Kier molecular flexibility index (Phi) is 8.36. The summed E-state index contributed by atoms with van der Waals surface area (Å²) in [6.07, 6.45) is 0.978. The van der Waals surface area contributed by atoms with Gasteiger partial charge in [-0.2, -0.15) is 4.31 Å². The van der Waals surface area contributed by atoms with Gasteiger partial charge >= 0.3 is 5.97 Å². The van der Waals surface area contributed by atoms with E-state index in [0.717, 1.165) is 10.6 Å². The summed E-state index contributed by atoms with van der Waals surface area (Å²) in [5.41, 5.74) is 7.96. The van der Waals surface area contributed by atoms with Crippen LogP contribution in [0.15, 0.2) is 82.8 Å². The van der Waals surface area contributed by atoms with E-state index in [9.17, 15) is 26.7 Å². The standard InChI is InChI=1S/C25H27N3O7S2/c1-28(22(25(29)30)15-18-6-5-7-20(14-18)24(26)27-31)37(34,35)16-17-10-12-19(13-11-17)21-8-3-4-9-23(21)36(2,32)33/h3-14,22,31H,15-16H2,1-2H3,(H2,26,27)(H,29,30). The molecule has 0 aliphatic heterocycles. The summed E-state index contributed by atoms with van der Waals surface area (Å²) >= 11 is 0. The van der Waals surface area contributed by atoms with Crippen molar-refractivity contribution in [2.75, 3.05) is 13.3 Å². The first-order chi connectivity index (χ1) is 17.3. The number of nitrogens with two attached hydrogens (primary N) is 1. The van der Waals surface area contributed by atoms with Crippen molar-refractivity contribution in [3.05, 3.63) is 89.5 Å². The van der Waals surface area contributed by atoms with E-state index in [1.165, 1.54) is 19.2 Å². The van der Waals surface area contributed by atoms with Crippen LogP contribution in [0.4, 0.5) is 0 Å². The van der Waals surface area contributed by atoms with Crippen LogP contribution in [0, 0.1) is 0 Å². The number of nitrogens with zero attached hydrogens (tertiary/aromatic N) is 2. The molecule has 0 saturated heterocycles. The lowest BCUT2D eigenvalue weighted by Gasteiger charge is -2.24. The van der Waals surface area contributed by atoms with Gasteiger partial charge in [0.15, 0.2) is 15.7 Å². The number of carbonyl (C=O) groups is 1. The second-order valence-electron chi connectivity index (χ2n) is 8.48. The lowest BCUT2D eigenvalue weighted by molar-refractivity contribution is -0.141. The Morgan fingerprint density at radius 3 is 2.22 bits per heavy atom. The number of rotatable bonds is 10. The van der Waals surface area contributed by atoms with E-state index >= 15 is 0 Å². The van der Waals surface area contributed by atoms with Gasteiger partial charge in [0.1, 0.15) is 6.04 Å². The molecule has 0 aromatic heterocycles. The smallest absolute Gasteiger partial charge is 0.322 e. The highest BCUT2D eigenvalue weighted by Gasteiger charge is 2.32. The molecule has 3 aromatic carbocycles. The van der Waals surface area contributed by atoms with E-state index in [2.05, 4.69) is 5.16 Å². The quantitative estimate of drug-likeness (QED) is 0.151.